The van der Waals surface area contributed by atoms with E-state index in [1.54, 1.807) is 41.2 Å². The fraction of sp³-hybridized carbons (Fsp3) is 0.185. The van der Waals surface area contributed by atoms with E-state index in [1.165, 1.54) is 6.07 Å². The molecule has 206 valence electrons. The van der Waals surface area contributed by atoms with Crippen molar-refractivity contribution in [1.82, 2.24) is 24.4 Å². The molecule has 0 aliphatic heterocycles. The highest BCUT2D eigenvalue weighted by Gasteiger charge is 2.35. The molecule has 13 heteroatoms. The zero-order valence-corrected chi connectivity index (χ0v) is 24.1. The Hall–Kier alpha value is -3.41. The van der Waals surface area contributed by atoms with Gasteiger partial charge in [-0.25, -0.2) is 9.50 Å². The predicted octanol–water partition coefficient (Wildman–Crippen LogP) is 8.10. The second-order valence-corrected chi connectivity index (χ2v) is 11.0. The van der Waals surface area contributed by atoms with Crippen LogP contribution in [0.3, 0.4) is 0 Å². The van der Waals surface area contributed by atoms with Gasteiger partial charge in [-0.1, -0.05) is 67.4 Å². The smallest absolute Gasteiger partial charge is 0.303 e. The summed E-state index contributed by atoms with van der Waals surface area (Å²) in [7, 11) is 0. The van der Waals surface area contributed by atoms with Crippen molar-refractivity contribution in [2.24, 2.45) is 0 Å². The third-order valence-corrected chi connectivity index (χ3v) is 7.42. The summed E-state index contributed by atoms with van der Waals surface area (Å²) in [5.74, 6) is -0.313. The van der Waals surface area contributed by atoms with Gasteiger partial charge >= 0.3 is 6.18 Å². The lowest BCUT2D eigenvalue weighted by Gasteiger charge is -2.11. The number of carbonyl (C=O) groups is 1. The van der Waals surface area contributed by atoms with Crippen LogP contribution in [0, 0.1) is 0 Å². The molecule has 5 rings (SSSR count). The van der Waals surface area contributed by atoms with E-state index in [-0.39, 0.29) is 28.8 Å². The normalized spacial score (nSPS) is 11.9. The van der Waals surface area contributed by atoms with E-state index >= 15 is 0 Å². The topological polar surface area (TPSA) is 77.1 Å². The van der Waals surface area contributed by atoms with E-state index in [0.29, 0.717) is 31.1 Å². The minimum absolute atomic E-state index is 0.116. The molecule has 0 atom stereocenters. The van der Waals surface area contributed by atoms with Gasteiger partial charge < -0.3 is 5.32 Å². The predicted molar refractivity (Wildman–Crippen MR) is 151 cm³/mol. The zero-order chi connectivity index (χ0) is 28.8. The summed E-state index contributed by atoms with van der Waals surface area (Å²) in [5.41, 5.74) is 1.08. The van der Waals surface area contributed by atoms with Crippen LogP contribution in [0.4, 0.5) is 19.0 Å². The molecule has 1 amide bonds. The standard InChI is InChI=1S/C27H20BrCl2F3N6O/c1-14(2)16-4-6-17(7-5-16)21-10-23(27(31,32)33)39-24(34-21)11-22(36-39)26(40)35-25-18(28)13-38(37-25)12-15-3-8-19(29)20(30)9-15/h3-11,13-14H,12H2,1-2H3,(H,35,37,40). The van der Waals surface area contributed by atoms with Crippen LogP contribution in [0.15, 0.2) is 65.3 Å². The molecule has 0 fully saturated rings. The molecule has 3 aromatic heterocycles. The van der Waals surface area contributed by atoms with E-state index in [1.807, 2.05) is 26.0 Å². The molecule has 3 heterocycles. The van der Waals surface area contributed by atoms with E-state index in [9.17, 15) is 18.0 Å². The van der Waals surface area contributed by atoms with Crippen molar-refractivity contribution in [3.05, 3.63) is 97.8 Å². The van der Waals surface area contributed by atoms with Crippen LogP contribution in [0.5, 0.6) is 0 Å². The van der Waals surface area contributed by atoms with Gasteiger partial charge in [-0.3, -0.25) is 9.48 Å². The Balaban J connectivity index is 1.43. The largest absolute Gasteiger partial charge is 0.433 e. The fourth-order valence-corrected chi connectivity index (χ4v) is 4.77. The van der Waals surface area contributed by atoms with Crippen molar-refractivity contribution in [2.45, 2.75) is 32.5 Å². The monoisotopic (exact) mass is 650 g/mol. The van der Waals surface area contributed by atoms with Crippen molar-refractivity contribution in [1.29, 1.82) is 0 Å². The van der Waals surface area contributed by atoms with Gasteiger partial charge in [0.15, 0.2) is 22.9 Å². The molecule has 2 aromatic carbocycles. The first-order chi connectivity index (χ1) is 18.9. The number of aromatic nitrogens is 5. The number of nitrogens with one attached hydrogen (secondary N) is 1. The molecule has 0 aliphatic rings. The van der Waals surface area contributed by atoms with E-state index < -0.39 is 17.8 Å². The van der Waals surface area contributed by atoms with Crippen LogP contribution >= 0.6 is 39.1 Å². The fourth-order valence-electron chi connectivity index (χ4n) is 4.03. The van der Waals surface area contributed by atoms with Gasteiger partial charge in [0.05, 0.1) is 26.8 Å². The van der Waals surface area contributed by atoms with Gasteiger partial charge in [0.25, 0.3) is 5.91 Å². The average molecular weight is 652 g/mol. The molecule has 0 aliphatic carbocycles. The van der Waals surface area contributed by atoms with Crippen LogP contribution in [0.1, 0.15) is 47.1 Å². The molecule has 0 spiro atoms. The van der Waals surface area contributed by atoms with Gasteiger partial charge in [-0.2, -0.15) is 23.4 Å². The molecule has 0 unspecified atom stereocenters. The number of alkyl halides is 3. The molecule has 40 heavy (non-hydrogen) atoms. The van der Waals surface area contributed by atoms with Gasteiger partial charge in [0.1, 0.15) is 0 Å². The Bertz CT molecular complexity index is 1730. The third kappa shape index (κ3) is 5.86. The van der Waals surface area contributed by atoms with Crippen LogP contribution in [0.25, 0.3) is 16.9 Å². The van der Waals surface area contributed by atoms with E-state index in [0.717, 1.165) is 17.2 Å². The lowest BCUT2D eigenvalue weighted by Crippen LogP contribution is -2.16. The van der Waals surface area contributed by atoms with Crippen molar-refractivity contribution >= 4 is 56.5 Å². The highest BCUT2D eigenvalue weighted by atomic mass is 79.9. The average Bonchev–Trinajstić information content (AvgIpc) is 3.48. The summed E-state index contributed by atoms with van der Waals surface area (Å²) in [5, 5.41) is 11.7. The van der Waals surface area contributed by atoms with Gasteiger partial charge in [-0.05, 0) is 51.2 Å². The molecule has 5 aromatic rings. The molecule has 1 N–H and O–H groups in total. The quantitative estimate of drug-likeness (QED) is 0.201. The second-order valence-electron chi connectivity index (χ2n) is 9.33. The first-order valence-electron chi connectivity index (χ1n) is 12.0. The summed E-state index contributed by atoms with van der Waals surface area (Å²) in [6.45, 7) is 4.39. The first-order valence-corrected chi connectivity index (χ1v) is 13.5. The molecular weight excluding hydrogens is 632 g/mol. The van der Waals surface area contributed by atoms with Crippen LogP contribution in [0.2, 0.25) is 10.0 Å². The van der Waals surface area contributed by atoms with Gasteiger partial charge in [0.2, 0.25) is 0 Å². The maximum atomic E-state index is 14.0. The summed E-state index contributed by atoms with van der Waals surface area (Å²) < 4.78 is 44.6. The molecule has 0 saturated carbocycles. The Morgan fingerprint density at radius 1 is 1.02 bits per heavy atom. The number of rotatable bonds is 6. The molecular formula is C27H20BrCl2F3N6O. The van der Waals surface area contributed by atoms with Gasteiger partial charge in [0, 0.05) is 17.8 Å². The van der Waals surface area contributed by atoms with Crippen molar-refractivity contribution in [3.8, 4) is 11.3 Å². The SMILES string of the molecule is CC(C)c1ccc(-c2cc(C(F)(F)F)n3nc(C(=O)Nc4nn(Cc5ccc(Cl)c(Cl)c5)cc4Br)cc3n2)cc1. The maximum Gasteiger partial charge on any atom is 0.433 e. The number of fused-ring (bicyclic) bond motifs is 1. The number of halogens is 6. The Kier molecular flexibility index (Phi) is 7.64. The van der Waals surface area contributed by atoms with E-state index in [4.69, 9.17) is 23.2 Å². The van der Waals surface area contributed by atoms with Crippen LogP contribution < -0.4 is 5.32 Å². The molecule has 0 saturated heterocycles. The van der Waals surface area contributed by atoms with Crippen molar-refractivity contribution in [3.63, 3.8) is 0 Å². The first kappa shape index (κ1) is 28.1. The Morgan fingerprint density at radius 3 is 2.40 bits per heavy atom. The lowest BCUT2D eigenvalue weighted by molar-refractivity contribution is -0.142. The maximum absolute atomic E-state index is 14.0. The highest BCUT2D eigenvalue weighted by Crippen LogP contribution is 2.33. The number of nitrogens with zero attached hydrogens (tertiary/aromatic N) is 5. The van der Waals surface area contributed by atoms with Gasteiger partial charge in [-0.15, -0.1) is 0 Å². The zero-order valence-electron chi connectivity index (χ0n) is 21.0. The Morgan fingerprint density at radius 2 is 1.75 bits per heavy atom. The minimum atomic E-state index is -4.74. The van der Waals surface area contributed by atoms with Crippen molar-refractivity contribution in [2.75, 3.05) is 5.32 Å². The molecule has 0 radical (unpaired) electrons. The van der Waals surface area contributed by atoms with Crippen LogP contribution in [-0.4, -0.2) is 30.3 Å². The summed E-state index contributed by atoms with van der Waals surface area (Å²) >= 11 is 15.4. The number of hydrogen-bond donors (Lipinski definition) is 1. The highest BCUT2D eigenvalue weighted by molar-refractivity contribution is 9.10. The number of benzene rings is 2. The van der Waals surface area contributed by atoms with Crippen molar-refractivity contribution < 1.29 is 18.0 Å². The third-order valence-electron chi connectivity index (χ3n) is 6.10. The summed E-state index contributed by atoms with van der Waals surface area (Å²) in [6, 6.07) is 14.4. The van der Waals surface area contributed by atoms with Crippen LogP contribution in [-0.2, 0) is 12.7 Å². The molecule has 7 nitrogen and oxygen atoms in total. The minimum Gasteiger partial charge on any atom is -0.303 e. The molecule has 0 bridgehead atoms. The number of carbonyl (C=O) groups excluding carboxylic acids is 1. The summed E-state index contributed by atoms with van der Waals surface area (Å²) in [6.07, 6.45) is -3.10. The number of amides is 1. The van der Waals surface area contributed by atoms with E-state index in [2.05, 4.69) is 36.4 Å². The Labute approximate surface area is 245 Å². The second kappa shape index (κ2) is 10.9. The lowest BCUT2D eigenvalue weighted by atomic mass is 10.0. The number of anilines is 1. The summed E-state index contributed by atoms with van der Waals surface area (Å²) in [4.78, 5) is 17.4. The number of hydrogen-bond acceptors (Lipinski definition) is 4.